The van der Waals surface area contributed by atoms with Crippen molar-refractivity contribution in [3.63, 3.8) is 0 Å². The molecule has 88 valence electrons. The Hall–Kier alpha value is -2.28. The Morgan fingerprint density at radius 2 is 1.22 bits per heavy atom. The minimum Gasteiger partial charge on any atom is -0.497 e. The van der Waals surface area contributed by atoms with Crippen molar-refractivity contribution < 1.29 is 4.74 Å². The Morgan fingerprint density at radius 1 is 0.611 bits per heavy atom. The van der Waals surface area contributed by atoms with Gasteiger partial charge in [0.25, 0.3) is 0 Å². The highest BCUT2D eigenvalue weighted by atomic mass is 16.5. The molecule has 0 fully saturated rings. The van der Waals surface area contributed by atoms with E-state index in [4.69, 9.17) is 4.74 Å². The summed E-state index contributed by atoms with van der Waals surface area (Å²) < 4.78 is 5.18. The fraction of sp³-hybridized carbons (Fsp3) is 0.0588. The average Bonchev–Trinajstić information content (AvgIpc) is 2.70. The summed E-state index contributed by atoms with van der Waals surface area (Å²) in [6.07, 6.45) is 0. The molecule has 1 aromatic rings. The largest absolute Gasteiger partial charge is 0.497 e. The lowest BCUT2D eigenvalue weighted by atomic mass is 10.1. The molecule has 0 unspecified atom stereocenters. The maximum Gasteiger partial charge on any atom is 0.118 e. The number of rotatable bonds is 2. The highest BCUT2D eigenvalue weighted by molar-refractivity contribution is 5.79. The second kappa shape index (κ2) is 4.53. The molecule has 0 saturated carbocycles. The average molecular weight is 234 g/mol. The molecule has 1 aromatic carbocycles. The Labute approximate surface area is 107 Å². The lowest BCUT2D eigenvalue weighted by molar-refractivity contribution is 0.415. The fourth-order valence-corrected chi connectivity index (χ4v) is 2.16. The molecular weight excluding hydrogens is 220 g/mol. The molecule has 0 aliphatic heterocycles. The van der Waals surface area contributed by atoms with Crippen LogP contribution in [-0.2, 0) is 0 Å². The van der Waals surface area contributed by atoms with E-state index in [1.807, 2.05) is 18.2 Å². The van der Waals surface area contributed by atoms with Gasteiger partial charge in [0.05, 0.1) is 7.11 Å². The van der Waals surface area contributed by atoms with Gasteiger partial charge in [0.2, 0.25) is 0 Å². The minimum absolute atomic E-state index is 0.890. The SMILES string of the molecule is COc1ccc(-c2cc3cccccc-3c2)cc1. The summed E-state index contributed by atoms with van der Waals surface area (Å²) >= 11 is 0. The monoisotopic (exact) mass is 234 g/mol. The van der Waals surface area contributed by atoms with E-state index in [0.717, 1.165) is 5.75 Å². The van der Waals surface area contributed by atoms with E-state index in [-0.39, 0.29) is 0 Å². The highest BCUT2D eigenvalue weighted by Gasteiger charge is 2.06. The summed E-state index contributed by atoms with van der Waals surface area (Å²) in [6.45, 7) is 0. The van der Waals surface area contributed by atoms with E-state index in [2.05, 4.69) is 48.5 Å². The Kier molecular flexibility index (Phi) is 2.73. The predicted octanol–water partition coefficient (Wildman–Crippen LogP) is 4.47. The van der Waals surface area contributed by atoms with E-state index >= 15 is 0 Å². The zero-order valence-electron chi connectivity index (χ0n) is 10.3. The molecule has 0 amide bonds. The van der Waals surface area contributed by atoms with E-state index in [0.29, 0.717) is 0 Å². The van der Waals surface area contributed by atoms with Gasteiger partial charge in [-0.05, 0) is 46.5 Å². The Balaban J connectivity index is 2.06. The van der Waals surface area contributed by atoms with Crippen molar-refractivity contribution in [2.75, 3.05) is 7.11 Å². The number of benzene rings is 1. The standard InChI is InChI=1S/C17H14O/c1-18-17-9-7-13(8-10-17)16-11-14-5-3-2-4-6-15(14)12-16/h2-12H,1H3. The van der Waals surface area contributed by atoms with Crippen LogP contribution in [0.3, 0.4) is 0 Å². The third-order valence-electron chi connectivity index (χ3n) is 3.15. The normalized spacial score (nSPS) is 10.5. The van der Waals surface area contributed by atoms with Crippen molar-refractivity contribution in [1.82, 2.24) is 0 Å². The van der Waals surface area contributed by atoms with Crippen LogP contribution in [-0.4, -0.2) is 7.11 Å². The van der Waals surface area contributed by atoms with Crippen molar-refractivity contribution in [2.24, 2.45) is 0 Å². The molecule has 0 atom stereocenters. The predicted molar refractivity (Wildman–Crippen MR) is 75.1 cm³/mol. The van der Waals surface area contributed by atoms with Crippen LogP contribution in [0.25, 0.3) is 22.3 Å². The van der Waals surface area contributed by atoms with Crippen LogP contribution in [0.4, 0.5) is 0 Å². The molecule has 18 heavy (non-hydrogen) atoms. The summed E-state index contributed by atoms with van der Waals surface area (Å²) in [5, 5.41) is 0. The van der Waals surface area contributed by atoms with Gasteiger partial charge >= 0.3 is 0 Å². The van der Waals surface area contributed by atoms with Gasteiger partial charge in [-0.25, -0.2) is 0 Å². The van der Waals surface area contributed by atoms with Crippen LogP contribution in [0.1, 0.15) is 0 Å². The number of methoxy groups -OCH3 is 1. The topological polar surface area (TPSA) is 9.23 Å². The van der Waals surface area contributed by atoms with Crippen molar-refractivity contribution in [1.29, 1.82) is 0 Å². The lowest BCUT2D eigenvalue weighted by Crippen LogP contribution is -1.81. The van der Waals surface area contributed by atoms with Gasteiger partial charge in [0.1, 0.15) is 5.75 Å². The molecule has 2 aliphatic carbocycles. The number of fused-ring (bicyclic) bond motifs is 1. The maximum atomic E-state index is 5.18. The van der Waals surface area contributed by atoms with E-state index in [9.17, 15) is 0 Å². The molecule has 3 rings (SSSR count). The van der Waals surface area contributed by atoms with Crippen LogP contribution < -0.4 is 4.74 Å². The van der Waals surface area contributed by atoms with Gasteiger partial charge in [0.15, 0.2) is 0 Å². The molecule has 0 N–H and O–H groups in total. The van der Waals surface area contributed by atoms with Gasteiger partial charge in [0, 0.05) is 0 Å². The van der Waals surface area contributed by atoms with Gasteiger partial charge in [-0.15, -0.1) is 0 Å². The molecule has 2 aliphatic rings. The number of ether oxygens (including phenoxy) is 1. The lowest BCUT2D eigenvalue weighted by Gasteiger charge is -2.00. The first-order valence-corrected chi connectivity index (χ1v) is 6.00. The van der Waals surface area contributed by atoms with Crippen LogP contribution in [0, 0.1) is 0 Å². The summed E-state index contributed by atoms with van der Waals surface area (Å²) in [5.41, 5.74) is 5.00. The van der Waals surface area contributed by atoms with Crippen molar-refractivity contribution >= 4 is 0 Å². The third kappa shape index (κ3) is 1.95. The van der Waals surface area contributed by atoms with Crippen LogP contribution >= 0.6 is 0 Å². The summed E-state index contributed by atoms with van der Waals surface area (Å²) in [4.78, 5) is 0. The van der Waals surface area contributed by atoms with Gasteiger partial charge in [-0.1, -0.05) is 42.5 Å². The van der Waals surface area contributed by atoms with Crippen LogP contribution in [0.2, 0.25) is 0 Å². The molecular formula is C17H14O. The zero-order chi connectivity index (χ0) is 12.4. The first kappa shape index (κ1) is 10.8. The molecule has 0 aromatic heterocycles. The van der Waals surface area contributed by atoms with E-state index in [1.165, 1.54) is 22.3 Å². The molecule has 0 bridgehead atoms. The summed E-state index contributed by atoms with van der Waals surface area (Å²) in [5.74, 6) is 0.890. The quantitative estimate of drug-likeness (QED) is 0.635. The van der Waals surface area contributed by atoms with Crippen molar-refractivity contribution in [3.05, 3.63) is 66.7 Å². The molecule has 0 saturated heterocycles. The van der Waals surface area contributed by atoms with Gasteiger partial charge in [-0.3, -0.25) is 0 Å². The molecule has 1 heteroatoms. The van der Waals surface area contributed by atoms with Gasteiger partial charge in [-0.2, -0.15) is 0 Å². The van der Waals surface area contributed by atoms with E-state index < -0.39 is 0 Å². The maximum absolute atomic E-state index is 5.18. The number of hydrogen-bond donors (Lipinski definition) is 0. The zero-order valence-corrected chi connectivity index (χ0v) is 10.3. The second-order valence-corrected chi connectivity index (χ2v) is 4.29. The third-order valence-corrected chi connectivity index (χ3v) is 3.15. The highest BCUT2D eigenvalue weighted by Crippen LogP contribution is 2.32. The smallest absolute Gasteiger partial charge is 0.118 e. The molecule has 0 radical (unpaired) electrons. The van der Waals surface area contributed by atoms with Gasteiger partial charge < -0.3 is 4.74 Å². The van der Waals surface area contributed by atoms with Crippen LogP contribution in [0.5, 0.6) is 5.75 Å². The fourth-order valence-electron chi connectivity index (χ4n) is 2.16. The first-order chi connectivity index (χ1) is 8.86. The van der Waals surface area contributed by atoms with Crippen LogP contribution in [0.15, 0.2) is 66.7 Å². The summed E-state index contributed by atoms with van der Waals surface area (Å²) in [6, 6.07) is 23.1. The first-order valence-electron chi connectivity index (χ1n) is 6.00. The van der Waals surface area contributed by atoms with E-state index in [1.54, 1.807) is 7.11 Å². The molecule has 0 spiro atoms. The summed E-state index contributed by atoms with van der Waals surface area (Å²) in [7, 11) is 1.69. The van der Waals surface area contributed by atoms with Crippen molar-refractivity contribution in [2.45, 2.75) is 0 Å². The van der Waals surface area contributed by atoms with Crippen molar-refractivity contribution in [3.8, 4) is 28.0 Å². The second-order valence-electron chi connectivity index (χ2n) is 4.29. The molecule has 0 heterocycles. The number of hydrogen-bond acceptors (Lipinski definition) is 1. The Bertz CT molecular complexity index is 595. The minimum atomic E-state index is 0.890. The Morgan fingerprint density at radius 3 is 1.78 bits per heavy atom. The molecule has 1 nitrogen and oxygen atoms in total.